The fraction of sp³-hybridized carbons (Fsp3) is 0.667. The molecule has 0 radical (unpaired) electrons. The third-order valence-corrected chi connectivity index (χ3v) is 4.09. The molecule has 1 fully saturated rings. The van der Waals surface area contributed by atoms with E-state index in [1.807, 2.05) is 26.0 Å². The number of ether oxygens (including phenoxy) is 1. The zero-order valence-electron chi connectivity index (χ0n) is 13.6. The number of nitrogens with zero attached hydrogens (tertiary/aromatic N) is 1. The smallest absolute Gasteiger partial charge is 0.119 e. The van der Waals surface area contributed by atoms with Gasteiger partial charge in [-0.15, -0.1) is 0 Å². The van der Waals surface area contributed by atoms with Crippen molar-refractivity contribution in [2.75, 3.05) is 19.6 Å². The van der Waals surface area contributed by atoms with E-state index in [0.29, 0.717) is 5.92 Å². The van der Waals surface area contributed by atoms with E-state index in [1.165, 1.54) is 12.0 Å². The Morgan fingerprint density at radius 2 is 2.19 bits per heavy atom. The Bertz CT molecular complexity index is 433. The molecule has 3 heteroatoms. The fourth-order valence-electron chi connectivity index (χ4n) is 3.14. The highest BCUT2D eigenvalue weighted by Gasteiger charge is 2.27. The summed E-state index contributed by atoms with van der Waals surface area (Å²) in [5.41, 5.74) is 1.26. The molecule has 1 saturated heterocycles. The van der Waals surface area contributed by atoms with Gasteiger partial charge in [-0.05, 0) is 57.4 Å². The number of aliphatic hydroxyl groups is 1. The van der Waals surface area contributed by atoms with Gasteiger partial charge in [0.15, 0.2) is 0 Å². The van der Waals surface area contributed by atoms with Gasteiger partial charge in [0, 0.05) is 19.0 Å². The van der Waals surface area contributed by atoms with Crippen molar-refractivity contribution in [3.05, 3.63) is 29.8 Å². The van der Waals surface area contributed by atoms with Crippen LogP contribution >= 0.6 is 0 Å². The van der Waals surface area contributed by atoms with Crippen LogP contribution in [0.15, 0.2) is 24.3 Å². The van der Waals surface area contributed by atoms with Crippen LogP contribution in [0.4, 0.5) is 0 Å². The molecule has 118 valence electrons. The van der Waals surface area contributed by atoms with Crippen molar-refractivity contribution in [3.8, 4) is 5.75 Å². The van der Waals surface area contributed by atoms with Crippen molar-refractivity contribution in [3.63, 3.8) is 0 Å². The molecule has 0 aromatic heterocycles. The lowest BCUT2D eigenvalue weighted by Gasteiger charge is -2.36. The minimum Gasteiger partial charge on any atom is -0.491 e. The maximum atomic E-state index is 10.3. The number of hydrogen-bond acceptors (Lipinski definition) is 3. The van der Waals surface area contributed by atoms with E-state index >= 15 is 0 Å². The lowest BCUT2D eigenvalue weighted by Crippen LogP contribution is -2.44. The van der Waals surface area contributed by atoms with Crippen LogP contribution in [0.25, 0.3) is 0 Å². The normalized spacial score (nSPS) is 23.5. The molecule has 1 aromatic carbocycles. The first-order valence-electron chi connectivity index (χ1n) is 8.24. The molecule has 1 aromatic rings. The van der Waals surface area contributed by atoms with E-state index in [1.54, 1.807) is 0 Å². The number of hydrogen-bond donors (Lipinski definition) is 1. The van der Waals surface area contributed by atoms with E-state index < -0.39 is 0 Å². The maximum Gasteiger partial charge on any atom is 0.119 e. The van der Waals surface area contributed by atoms with Crippen LogP contribution in [-0.4, -0.2) is 41.8 Å². The average molecular weight is 291 g/mol. The number of rotatable bonds is 6. The standard InChI is InChI=1S/C18H29NO2/c1-4-9-19-10-8-18(20)16(13-19)11-15-6-5-7-17(12-15)21-14(2)3/h5-7,12,14,16,18,20H,4,8-11,13H2,1-3H3. The molecule has 0 aliphatic carbocycles. The van der Waals surface area contributed by atoms with E-state index in [-0.39, 0.29) is 12.2 Å². The largest absolute Gasteiger partial charge is 0.491 e. The second kappa shape index (κ2) is 7.81. The molecule has 1 heterocycles. The lowest BCUT2D eigenvalue weighted by atomic mass is 9.88. The fourth-order valence-corrected chi connectivity index (χ4v) is 3.14. The Kier molecular flexibility index (Phi) is 6.07. The van der Waals surface area contributed by atoms with Crippen LogP contribution in [0, 0.1) is 5.92 Å². The molecular formula is C18H29NO2. The summed E-state index contributed by atoms with van der Waals surface area (Å²) in [7, 11) is 0. The highest BCUT2D eigenvalue weighted by molar-refractivity contribution is 5.29. The summed E-state index contributed by atoms with van der Waals surface area (Å²) in [6.07, 6.45) is 3.03. The summed E-state index contributed by atoms with van der Waals surface area (Å²) in [5, 5.41) is 10.3. The van der Waals surface area contributed by atoms with Crippen molar-refractivity contribution in [1.29, 1.82) is 0 Å². The molecule has 2 atom stereocenters. The van der Waals surface area contributed by atoms with Crippen LogP contribution in [0.2, 0.25) is 0 Å². The maximum absolute atomic E-state index is 10.3. The highest BCUT2D eigenvalue weighted by Crippen LogP contribution is 2.24. The first-order chi connectivity index (χ1) is 10.1. The van der Waals surface area contributed by atoms with Gasteiger partial charge in [0.2, 0.25) is 0 Å². The Morgan fingerprint density at radius 1 is 1.38 bits per heavy atom. The third-order valence-electron chi connectivity index (χ3n) is 4.09. The molecular weight excluding hydrogens is 262 g/mol. The van der Waals surface area contributed by atoms with E-state index in [4.69, 9.17) is 4.74 Å². The summed E-state index contributed by atoms with van der Waals surface area (Å²) in [6, 6.07) is 8.31. The van der Waals surface area contributed by atoms with Gasteiger partial charge in [0.1, 0.15) is 5.75 Å². The van der Waals surface area contributed by atoms with Gasteiger partial charge in [-0.2, -0.15) is 0 Å². The minimum atomic E-state index is -0.173. The van der Waals surface area contributed by atoms with Crippen molar-refractivity contribution >= 4 is 0 Å². The molecule has 2 unspecified atom stereocenters. The van der Waals surface area contributed by atoms with Crippen LogP contribution in [0.1, 0.15) is 39.2 Å². The minimum absolute atomic E-state index is 0.173. The van der Waals surface area contributed by atoms with Crippen molar-refractivity contribution in [2.24, 2.45) is 5.92 Å². The summed E-state index contributed by atoms with van der Waals surface area (Å²) in [4.78, 5) is 2.48. The topological polar surface area (TPSA) is 32.7 Å². The third kappa shape index (κ3) is 5.01. The lowest BCUT2D eigenvalue weighted by molar-refractivity contribution is 0.0270. The quantitative estimate of drug-likeness (QED) is 0.874. The predicted molar refractivity (Wildman–Crippen MR) is 86.8 cm³/mol. The number of likely N-dealkylation sites (tertiary alicyclic amines) is 1. The van der Waals surface area contributed by atoms with E-state index in [9.17, 15) is 5.11 Å². The molecule has 0 amide bonds. The highest BCUT2D eigenvalue weighted by atomic mass is 16.5. The summed E-state index contributed by atoms with van der Waals surface area (Å²) in [6.45, 7) is 9.47. The number of benzene rings is 1. The van der Waals surface area contributed by atoms with Gasteiger partial charge in [0.05, 0.1) is 12.2 Å². The predicted octanol–water partition coefficient (Wildman–Crippen LogP) is 3.11. The van der Waals surface area contributed by atoms with Crippen LogP contribution in [-0.2, 0) is 6.42 Å². The molecule has 3 nitrogen and oxygen atoms in total. The van der Waals surface area contributed by atoms with Gasteiger partial charge in [0.25, 0.3) is 0 Å². The number of aliphatic hydroxyl groups excluding tert-OH is 1. The second-order valence-electron chi connectivity index (χ2n) is 6.43. The zero-order chi connectivity index (χ0) is 15.2. The monoisotopic (exact) mass is 291 g/mol. The summed E-state index contributed by atoms with van der Waals surface area (Å²) in [5.74, 6) is 1.26. The molecule has 0 bridgehead atoms. The average Bonchev–Trinajstić information content (AvgIpc) is 2.42. The van der Waals surface area contributed by atoms with Gasteiger partial charge in [-0.25, -0.2) is 0 Å². The first kappa shape index (κ1) is 16.3. The van der Waals surface area contributed by atoms with Gasteiger partial charge < -0.3 is 14.7 Å². The molecule has 1 aliphatic heterocycles. The molecule has 0 saturated carbocycles. The molecule has 1 aliphatic rings. The van der Waals surface area contributed by atoms with Gasteiger partial charge in [-0.1, -0.05) is 19.1 Å². The SMILES string of the molecule is CCCN1CCC(O)C(Cc2cccc(OC(C)C)c2)C1. The second-order valence-corrected chi connectivity index (χ2v) is 6.43. The van der Waals surface area contributed by atoms with Gasteiger partial charge >= 0.3 is 0 Å². The van der Waals surface area contributed by atoms with Crippen molar-refractivity contribution in [1.82, 2.24) is 4.90 Å². The van der Waals surface area contributed by atoms with Crippen molar-refractivity contribution in [2.45, 2.75) is 52.2 Å². The van der Waals surface area contributed by atoms with E-state index in [2.05, 4.69) is 24.0 Å². The zero-order valence-corrected chi connectivity index (χ0v) is 13.6. The van der Waals surface area contributed by atoms with Crippen molar-refractivity contribution < 1.29 is 9.84 Å². The molecule has 2 rings (SSSR count). The van der Waals surface area contributed by atoms with Gasteiger partial charge in [-0.3, -0.25) is 0 Å². The summed E-state index contributed by atoms with van der Waals surface area (Å²) < 4.78 is 5.76. The Labute approximate surface area is 128 Å². The molecule has 21 heavy (non-hydrogen) atoms. The Morgan fingerprint density at radius 3 is 2.90 bits per heavy atom. The molecule has 0 spiro atoms. The first-order valence-corrected chi connectivity index (χ1v) is 8.24. The summed E-state index contributed by atoms with van der Waals surface area (Å²) >= 11 is 0. The van der Waals surface area contributed by atoms with Crippen LogP contribution < -0.4 is 4.74 Å². The Balaban J connectivity index is 1.98. The number of piperidine rings is 1. The van der Waals surface area contributed by atoms with E-state index in [0.717, 1.165) is 38.2 Å². The van der Waals surface area contributed by atoms with Crippen LogP contribution in [0.3, 0.4) is 0 Å². The van der Waals surface area contributed by atoms with Crippen LogP contribution in [0.5, 0.6) is 5.75 Å². The molecule has 1 N–H and O–H groups in total. The Hall–Kier alpha value is -1.06.